The maximum absolute atomic E-state index is 10.4. The lowest BCUT2D eigenvalue weighted by Gasteiger charge is -2.34. The molecule has 3 atom stereocenters. The molecule has 0 bridgehead atoms. The summed E-state index contributed by atoms with van der Waals surface area (Å²) in [6, 6.07) is 7.56. The minimum atomic E-state index is -0.531. The maximum atomic E-state index is 10.4. The lowest BCUT2D eigenvalue weighted by Crippen LogP contribution is -2.45. The molecule has 2 rings (SSSR count). The molecule has 0 saturated carbocycles. The van der Waals surface area contributed by atoms with Gasteiger partial charge in [0.05, 0.1) is 6.10 Å². The van der Waals surface area contributed by atoms with E-state index in [1.165, 1.54) is 19.3 Å². The van der Waals surface area contributed by atoms with Gasteiger partial charge in [0.25, 0.3) is 0 Å². The van der Waals surface area contributed by atoms with Gasteiger partial charge in [-0.25, -0.2) is 0 Å². The molecule has 19 heavy (non-hydrogen) atoms. The lowest BCUT2D eigenvalue weighted by atomic mass is 9.90. The van der Waals surface area contributed by atoms with Crippen molar-refractivity contribution in [3.8, 4) is 5.75 Å². The third-order valence-corrected chi connectivity index (χ3v) is 3.75. The highest BCUT2D eigenvalue weighted by Crippen LogP contribution is 2.27. The second-order valence-corrected chi connectivity index (χ2v) is 5.23. The highest BCUT2D eigenvalue weighted by atomic mass is 35.5. The van der Waals surface area contributed by atoms with Crippen LogP contribution >= 0.6 is 12.4 Å². The van der Waals surface area contributed by atoms with Crippen molar-refractivity contribution < 1.29 is 10.2 Å². The molecular formula is C15H24ClNO2. The number of halogens is 1. The number of hydrogen-bond acceptors (Lipinski definition) is 3. The molecule has 1 saturated heterocycles. The van der Waals surface area contributed by atoms with Gasteiger partial charge in [-0.15, -0.1) is 12.4 Å². The van der Waals surface area contributed by atoms with Crippen LogP contribution in [-0.2, 0) is 0 Å². The van der Waals surface area contributed by atoms with Crippen LogP contribution in [0, 0.1) is 0 Å². The summed E-state index contributed by atoms with van der Waals surface area (Å²) in [5, 5.41) is 23.4. The number of piperidine rings is 1. The van der Waals surface area contributed by atoms with Crippen LogP contribution < -0.4 is 5.32 Å². The minimum absolute atomic E-state index is 0. The van der Waals surface area contributed by atoms with Crippen molar-refractivity contribution in [2.45, 2.75) is 57.2 Å². The Balaban J connectivity index is 0.00000180. The predicted octanol–water partition coefficient (Wildman–Crippen LogP) is 3.16. The van der Waals surface area contributed by atoms with Crippen molar-refractivity contribution in [3.05, 3.63) is 29.8 Å². The van der Waals surface area contributed by atoms with E-state index < -0.39 is 6.10 Å². The molecule has 3 N–H and O–H groups in total. The SMILES string of the molecule is CCC[C@@H]1CCC[C@H]([C@H](O)c2cccc(O)c2)N1.Cl. The second-order valence-electron chi connectivity index (χ2n) is 5.23. The summed E-state index contributed by atoms with van der Waals surface area (Å²) in [6.07, 6.45) is 5.18. The Hall–Kier alpha value is -0.770. The molecular weight excluding hydrogens is 262 g/mol. The van der Waals surface area contributed by atoms with Gasteiger partial charge in [0.1, 0.15) is 5.75 Å². The van der Waals surface area contributed by atoms with Gasteiger partial charge in [-0.2, -0.15) is 0 Å². The maximum Gasteiger partial charge on any atom is 0.115 e. The number of aromatic hydroxyl groups is 1. The first-order chi connectivity index (χ1) is 8.70. The van der Waals surface area contributed by atoms with Crippen LogP contribution in [0.15, 0.2) is 24.3 Å². The first-order valence-corrected chi connectivity index (χ1v) is 6.93. The number of benzene rings is 1. The van der Waals surface area contributed by atoms with Crippen molar-refractivity contribution in [2.24, 2.45) is 0 Å². The Morgan fingerprint density at radius 2 is 2.16 bits per heavy atom. The van der Waals surface area contributed by atoms with Crippen LogP contribution in [-0.4, -0.2) is 22.3 Å². The number of nitrogens with one attached hydrogen (secondary N) is 1. The van der Waals surface area contributed by atoms with E-state index in [9.17, 15) is 10.2 Å². The van der Waals surface area contributed by atoms with E-state index in [-0.39, 0.29) is 24.2 Å². The number of aliphatic hydroxyl groups is 1. The fraction of sp³-hybridized carbons (Fsp3) is 0.600. The summed E-state index contributed by atoms with van der Waals surface area (Å²) >= 11 is 0. The molecule has 108 valence electrons. The van der Waals surface area contributed by atoms with Crippen molar-refractivity contribution in [1.29, 1.82) is 0 Å². The third kappa shape index (κ3) is 4.37. The minimum Gasteiger partial charge on any atom is -0.508 e. The summed E-state index contributed by atoms with van der Waals surface area (Å²) in [7, 11) is 0. The van der Waals surface area contributed by atoms with Crippen LogP contribution in [0.3, 0.4) is 0 Å². The van der Waals surface area contributed by atoms with Crippen molar-refractivity contribution in [2.75, 3.05) is 0 Å². The zero-order chi connectivity index (χ0) is 13.0. The zero-order valence-electron chi connectivity index (χ0n) is 11.4. The van der Waals surface area contributed by atoms with Crippen molar-refractivity contribution >= 4 is 12.4 Å². The molecule has 4 heteroatoms. The standard InChI is InChI=1S/C15H23NO2.ClH/c1-2-5-12-7-4-9-14(16-12)15(18)11-6-3-8-13(17)10-11;/h3,6,8,10,12,14-18H,2,4-5,7,9H2,1H3;1H/t12-,14-,15-;/m1./s1. The molecule has 1 aromatic carbocycles. The Labute approximate surface area is 121 Å². The fourth-order valence-corrected chi connectivity index (χ4v) is 2.82. The Morgan fingerprint density at radius 3 is 2.84 bits per heavy atom. The van der Waals surface area contributed by atoms with E-state index in [2.05, 4.69) is 12.2 Å². The highest BCUT2D eigenvalue weighted by molar-refractivity contribution is 5.85. The Bertz CT molecular complexity index is 384. The lowest BCUT2D eigenvalue weighted by molar-refractivity contribution is 0.0996. The average molecular weight is 286 g/mol. The quantitative estimate of drug-likeness (QED) is 0.796. The number of hydrogen-bond donors (Lipinski definition) is 3. The van der Waals surface area contributed by atoms with Crippen LogP contribution in [0.5, 0.6) is 5.75 Å². The van der Waals surface area contributed by atoms with Gasteiger partial charge in [-0.05, 0) is 37.0 Å². The average Bonchev–Trinajstić information content (AvgIpc) is 2.39. The summed E-state index contributed by atoms with van der Waals surface area (Å²) in [4.78, 5) is 0. The summed E-state index contributed by atoms with van der Waals surface area (Å²) in [5.41, 5.74) is 0.796. The molecule has 1 aliphatic heterocycles. The third-order valence-electron chi connectivity index (χ3n) is 3.75. The van der Waals surface area contributed by atoms with Gasteiger partial charge in [-0.1, -0.05) is 31.9 Å². The van der Waals surface area contributed by atoms with Crippen molar-refractivity contribution in [3.63, 3.8) is 0 Å². The van der Waals surface area contributed by atoms with E-state index in [1.54, 1.807) is 18.2 Å². The van der Waals surface area contributed by atoms with Gasteiger partial charge >= 0.3 is 0 Å². The fourth-order valence-electron chi connectivity index (χ4n) is 2.82. The topological polar surface area (TPSA) is 52.5 Å². The largest absolute Gasteiger partial charge is 0.508 e. The summed E-state index contributed by atoms with van der Waals surface area (Å²) in [5.74, 6) is 0.215. The van der Waals surface area contributed by atoms with Gasteiger partial charge in [0.2, 0.25) is 0 Å². The first-order valence-electron chi connectivity index (χ1n) is 6.93. The highest BCUT2D eigenvalue weighted by Gasteiger charge is 2.27. The van der Waals surface area contributed by atoms with Crippen LogP contribution in [0.1, 0.15) is 50.7 Å². The molecule has 0 spiro atoms. The molecule has 0 radical (unpaired) electrons. The Kier molecular flexibility index (Phi) is 6.63. The first kappa shape index (κ1) is 16.3. The molecule has 1 aromatic rings. The monoisotopic (exact) mass is 285 g/mol. The normalized spacial score (nSPS) is 24.5. The second kappa shape index (κ2) is 7.73. The number of aliphatic hydroxyl groups excluding tert-OH is 1. The molecule has 0 aromatic heterocycles. The van der Waals surface area contributed by atoms with Gasteiger partial charge < -0.3 is 15.5 Å². The summed E-state index contributed by atoms with van der Waals surface area (Å²) < 4.78 is 0. The molecule has 0 aliphatic carbocycles. The number of phenolic OH excluding ortho intramolecular Hbond substituents is 1. The predicted molar refractivity (Wildman–Crippen MR) is 79.8 cm³/mol. The van der Waals surface area contributed by atoms with Crippen LogP contribution in [0.2, 0.25) is 0 Å². The van der Waals surface area contributed by atoms with Gasteiger partial charge in [0.15, 0.2) is 0 Å². The molecule has 0 unspecified atom stereocenters. The molecule has 1 heterocycles. The smallest absolute Gasteiger partial charge is 0.115 e. The molecule has 0 amide bonds. The van der Waals surface area contributed by atoms with E-state index in [1.807, 2.05) is 6.07 Å². The Morgan fingerprint density at radius 1 is 1.37 bits per heavy atom. The van der Waals surface area contributed by atoms with E-state index in [4.69, 9.17) is 0 Å². The number of rotatable bonds is 4. The molecule has 3 nitrogen and oxygen atoms in total. The van der Waals surface area contributed by atoms with Gasteiger partial charge in [0, 0.05) is 12.1 Å². The van der Waals surface area contributed by atoms with E-state index in [0.717, 1.165) is 18.4 Å². The summed E-state index contributed by atoms with van der Waals surface area (Å²) in [6.45, 7) is 2.19. The van der Waals surface area contributed by atoms with E-state index >= 15 is 0 Å². The molecule has 1 aliphatic rings. The zero-order valence-corrected chi connectivity index (χ0v) is 12.2. The van der Waals surface area contributed by atoms with Gasteiger partial charge in [-0.3, -0.25) is 0 Å². The van der Waals surface area contributed by atoms with E-state index in [0.29, 0.717) is 6.04 Å². The van der Waals surface area contributed by atoms with Crippen molar-refractivity contribution in [1.82, 2.24) is 5.32 Å². The van der Waals surface area contributed by atoms with Crippen LogP contribution in [0.25, 0.3) is 0 Å². The number of phenols is 1. The van der Waals surface area contributed by atoms with Crippen LogP contribution in [0.4, 0.5) is 0 Å². The molecule has 1 fully saturated rings.